The smallest absolute Gasteiger partial charge is 0.252 e. The normalized spacial score (nSPS) is 14.6. The van der Waals surface area contributed by atoms with E-state index in [1.807, 2.05) is 0 Å². The molecule has 2 spiro atoms. The maximum absolute atomic E-state index is 2.62. The van der Waals surface area contributed by atoms with Gasteiger partial charge in [0, 0.05) is 34.1 Å². The summed E-state index contributed by atoms with van der Waals surface area (Å²) in [6.07, 6.45) is 0. The van der Waals surface area contributed by atoms with Crippen LogP contribution < -0.4 is 26.2 Å². The van der Waals surface area contributed by atoms with E-state index >= 15 is 0 Å². The van der Waals surface area contributed by atoms with Gasteiger partial charge >= 0.3 is 0 Å². The highest BCUT2D eigenvalue weighted by molar-refractivity contribution is 7.00. The van der Waals surface area contributed by atoms with Crippen LogP contribution in [0.1, 0.15) is 50.1 Å². The Morgan fingerprint density at radius 1 is 0.250 bits per heavy atom. The van der Waals surface area contributed by atoms with E-state index in [2.05, 4.69) is 308 Å². The maximum atomic E-state index is 2.62. The predicted octanol–water partition coefficient (Wildman–Crippen LogP) is 18.1. The van der Waals surface area contributed by atoms with E-state index in [1.54, 1.807) is 0 Å². The first-order valence-electron chi connectivity index (χ1n) is 29.6. The molecule has 13 aromatic rings. The third-order valence-electron chi connectivity index (χ3n) is 19.9. The molecule has 0 saturated carbocycles. The van der Waals surface area contributed by atoms with Crippen molar-refractivity contribution in [3.8, 4) is 66.8 Å². The molecule has 19 rings (SSSR count). The minimum absolute atomic E-state index is 0.0578. The molecule has 2 aliphatic heterocycles. The van der Waals surface area contributed by atoms with Gasteiger partial charge in [-0.2, -0.15) is 0 Å². The summed E-state index contributed by atoms with van der Waals surface area (Å²) < 4.78 is 0. The van der Waals surface area contributed by atoms with E-state index in [4.69, 9.17) is 0 Å². The van der Waals surface area contributed by atoms with Gasteiger partial charge in [0.05, 0.1) is 10.8 Å². The van der Waals surface area contributed by atoms with Gasteiger partial charge in [-0.05, 0) is 189 Å². The lowest BCUT2D eigenvalue weighted by Gasteiger charge is -2.45. The molecule has 3 heteroatoms. The SMILES string of the molecule is Cc1cc2c3c(c1)N(c1ccc4c(c1)-c1ccccc1C41c4ccccc4-c4ccccc41)c1cc(-c4ccccc4)ccc1B3c1ccc(-c3ccccc3)cc1N2c1ccc2c(c1)-c1ccccc1C21c2ccccc2-c2ccccc21. The molecule has 388 valence electrons. The molecular weight excluding hydrogens is 1010 g/mol. The van der Waals surface area contributed by atoms with Gasteiger partial charge in [-0.1, -0.05) is 243 Å². The van der Waals surface area contributed by atoms with Gasteiger partial charge in [0.2, 0.25) is 0 Å². The van der Waals surface area contributed by atoms with E-state index in [-0.39, 0.29) is 6.71 Å². The van der Waals surface area contributed by atoms with E-state index < -0.39 is 10.8 Å². The average Bonchev–Trinajstić information content (AvgIpc) is 1.47. The summed E-state index contributed by atoms with van der Waals surface area (Å²) in [5.41, 5.74) is 37.3. The van der Waals surface area contributed by atoms with Crippen LogP contribution in [0.25, 0.3) is 66.8 Å². The first-order chi connectivity index (χ1) is 41.6. The number of nitrogens with zero attached hydrogens (tertiary/aromatic N) is 2. The van der Waals surface area contributed by atoms with Crippen LogP contribution in [0.2, 0.25) is 0 Å². The molecule has 6 aliphatic rings. The van der Waals surface area contributed by atoms with E-state index in [1.165, 1.54) is 156 Å². The topological polar surface area (TPSA) is 6.48 Å². The van der Waals surface area contributed by atoms with Crippen LogP contribution in [0.15, 0.2) is 291 Å². The summed E-state index contributed by atoms with van der Waals surface area (Å²) in [5.74, 6) is 0. The van der Waals surface area contributed by atoms with Gasteiger partial charge in [-0.25, -0.2) is 0 Å². The van der Waals surface area contributed by atoms with Gasteiger partial charge in [-0.3, -0.25) is 0 Å². The zero-order valence-electron chi connectivity index (χ0n) is 46.2. The molecule has 0 unspecified atom stereocenters. The number of rotatable bonds is 4. The summed E-state index contributed by atoms with van der Waals surface area (Å²) >= 11 is 0. The zero-order valence-corrected chi connectivity index (χ0v) is 46.2. The third kappa shape index (κ3) is 5.81. The molecule has 0 bridgehead atoms. The van der Waals surface area contributed by atoms with Crippen molar-refractivity contribution in [2.24, 2.45) is 0 Å². The predicted molar refractivity (Wildman–Crippen MR) is 349 cm³/mol. The van der Waals surface area contributed by atoms with Crippen molar-refractivity contribution in [1.29, 1.82) is 0 Å². The lowest BCUT2D eigenvalue weighted by Crippen LogP contribution is -2.61. The molecule has 84 heavy (non-hydrogen) atoms. The Bertz CT molecular complexity index is 4610. The number of benzene rings is 13. The number of hydrogen-bond donors (Lipinski definition) is 0. The Morgan fingerprint density at radius 3 is 0.917 bits per heavy atom. The van der Waals surface area contributed by atoms with Gasteiger partial charge < -0.3 is 9.80 Å². The first kappa shape index (κ1) is 46.2. The van der Waals surface area contributed by atoms with Gasteiger partial charge in [0.1, 0.15) is 0 Å². The quantitative estimate of drug-likeness (QED) is 0.162. The highest BCUT2D eigenvalue weighted by Crippen LogP contribution is 2.65. The molecule has 0 saturated heterocycles. The Hall–Kier alpha value is -10.5. The van der Waals surface area contributed by atoms with Crippen molar-refractivity contribution in [1.82, 2.24) is 0 Å². The van der Waals surface area contributed by atoms with Crippen LogP contribution in [0.4, 0.5) is 34.1 Å². The van der Waals surface area contributed by atoms with E-state index in [9.17, 15) is 0 Å². The molecule has 0 aromatic heterocycles. The van der Waals surface area contributed by atoms with Gasteiger partial charge in [-0.15, -0.1) is 0 Å². The molecule has 0 atom stereocenters. The molecule has 4 aliphatic carbocycles. The summed E-state index contributed by atoms with van der Waals surface area (Å²) in [7, 11) is 0. The molecule has 0 radical (unpaired) electrons. The summed E-state index contributed by atoms with van der Waals surface area (Å²) in [4.78, 5) is 5.24. The van der Waals surface area contributed by atoms with Crippen molar-refractivity contribution in [2.75, 3.05) is 9.80 Å². The first-order valence-corrected chi connectivity index (χ1v) is 29.6. The monoisotopic (exact) mass is 1060 g/mol. The molecule has 0 N–H and O–H groups in total. The maximum Gasteiger partial charge on any atom is 0.252 e. The van der Waals surface area contributed by atoms with E-state index in [0.717, 1.165) is 11.4 Å². The fraction of sp³-hybridized carbons (Fsp3) is 0.0370. The highest BCUT2D eigenvalue weighted by Gasteiger charge is 2.54. The lowest BCUT2D eigenvalue weighted by atomic mass is 9.33. The van der Waals surface area contributed by atoms with Crippen molar-refractivity contribution >= 4 is 57.2 Å². The lowest BCUT2D eigenvalue weighted by molar-refractivity contribution is 0.794. The number of aryl methyl sites for hydroxylation is 1. The van der Waals surface area contributed by atoms with Crippen LogP contribution >= 0.6 is 0 Å². The van der Waals surface area contributed by atoms with Crippen LogP contribution in [0, 0.1) is 6.92 Å². The van der Waals surface area contributed by atoms with Crippen molar-refractivity contribution in [3.63, 3.8) is 0 Å². The highest BCUT2D eigenvalue weighted by atomic mass is 15.2. The fourth-order valence-corrected chi connectivity index (χ4v) is 16.8. The molecule has 13 aromatic carbocycles. The minimum atomic E-state index is -0.436. The molecule has 0 amide bonds. The molecule has 2 heterocycles. The second-order valence-electron chi connectivity index (χ2n) is 23.8. The largest absolute Gasteiger partial charge is 0.311 e. The van der Waals surface area contributed by atoms with Crippen LogP contribution in [-0.4, -0.2) is 6.71 Å². The molecular formula is C81H51BN2. The molecule has 0 fully saturated rings. The van der Waals surface area contributed by atoms with Crippen molar-refractivity contribution < 1.29 is 0 Å². The molecule has 2 nitrogen and oxygen atoms in total. The summed E-state index contributed by atoms with van der Waals surface area (Å²) in [6.45, 7) is 2.24. The Labute approximate surface area is 490 Å². The summed E-state index contributed by atoms with van der Waals surface area (Å²) in [5, 5.41) is 0. The Balaban J connectivity index is 0.867. The Kier molecular flexibility index (Phi) is 9.24. The van der Waals surface area contributed by atoms with E-state index in [0.29, 0.717) is 0 Å². The van der Waals surface area contributed by atoms with Crippen LogP contribution in [0.5, 0.6) is 0 Å². The average molecular weight is 1060 g/mol. The second kappa shape index (κ2) is 16.8. The van der Waals surface area contributed by atoms with Crippen molar-refractivity contribution in [2.45, 2.75) is 17.8 Å². The standard InChI is InChI=1S/C81H51BN2/c1-50-44-77-79-78(45-50)84(56-39-41-72-64(49-56)62-29-13-19-35-70(62)81(72)67-32-16-10-26-59(67)60-27-11-17-33-68(60)81)76-47-54(52-22-6-3-7-23-52)37-43-74(76)82(79)73-42-36-53(51-20-4-2-5-21-51)46-75(73)83(77)55-38-40-71-63(48-55)61-28-12-18-34-69(61)80(71)65-30-14-8-24-57(65)58-25-9-15-31-66(58)80/h2-49H,1H3. The number of anilines is 6. The Morgan fingerprint density at radius 2 is 0.560 bits per heavy atom. The van der Waals surface area contributed by atoms with Gasteiger partial charge in [0.25, 0.3) is 6.71 Å². The van der Waals surface area contributed by atoms with Gasteiger partial charge in [0.15, 0.2) is 0 Å². The summed E-state index contributed by atoms with van der Waals surface area (Å²) in [6, 6.07) is 111. The number of fused-ring (bicyclic) bond motifs is 24. The number of hydrogen-bond acceptors (Lipinski definition) is 2. The second-order valence-corrected chi connectivity index (χ2v) is 23.8. The fourth-order valence-electron chi connectivity index (χ4n) is 16.8. The van der Waals surface area contributed by atoms with Crippen molar-refractivity contribution in [3.05, 3.63) is 341 Å². The van der Waals surface area contributed by atoms with Crippen LogP contribution in [0.3, 0.4) is 0 Å². The third-order valence-corrected chi connectivity index (χ3v) is 19.9. The van der Waals surface area contributed by atoms with Crippen LogP contribution in [-0.2, 0) is 10.8 Å². The minimum Gasteiger partial charge on any atom is -0.311 e. The zero-order chi connectivity index (χ0) is 55.0.